The molecule has 0 aromatic rings. The summed E-state index contributed by atoms with van der Waals surface area (Å²) < 4.78 is 4.75. The molecule has 4 heteroatoms. The van der Waals surface area contributed by atoms with E-state index in [9.17, 15) is 4.79 Å². The lowest BCUT2D eigenvalue weighted by atomic mass is 9.91. The Morgan fingerprint density at radius 2 is 1.86 bits per heavy atom. The fourth-order valence-corrected chi connectivity index (χ4v) is 1.80. The molecule has 0 aliphatic heterocycles. The number of carbonyl (C=O) groups is 1. The predicted octanol–water partition coefficient (Wildman–Crippen LogP) is 1.59. The van der Waals surface area contributed by atoms with Crippen molar-refractivity contribution in [3.63, 3.8) is 0 Å². The summed E-state index contributed by atoms with van der Waals surface area (Å²) in [6, 6.07) is 0. The van der Waals surface area contributed by atoms with Crippen molar-refractivity contribution in [2.45, 2.75) is 39.2 Å². The van der Waals surface area contributed by atoms with Crippen LogP contribution in [-0.4, -0.2) is 36.7 Å². The Labute approximate surface area is 86.4 Å². The van der Waals surface area contributed by atoms with Crippen molar-refractivity contribution < 1.29 is 9.53 Å². The van der Waals surface area contributed by atoms with Crippen LogP contribution in [0.15, 0.2) is 0 Å². The van der Waals surface area contributed by atoms with E-state index in [1.165, 1.54) is 7.11 Å². The molecule has 2 N–H and O–H groups in total. The average molecular weight is 202 g/mol. The molecule has 0 aliphatic carbocycles. The van der Waals surface area contributed by atoms with Gasteiger partial charge in [-0.25, -0.2) is 4.79 Å². The van der Waals surface area contributed by atoms with E-state index >= 15 is 0 Å². The first-order valence-corrected chi connectivity index (χ1v) is 5.17. The van der Waals surface area contributed by atoms with Gasteiger partial charge in [-0.05, 0) is 19.8 Å². The Bertz CT molecular complexity index is 171. The van der Waals surface area contributed by atoms with E-state index in [-0.39, 0.29) is 11.6 Å². The Balaban J connectivity index is 4.83. The van der Waals surface area contributed by atoms with Gasteiger partial charge in [0.25, 0.3) is 0 Å². The third-order valence-corrected chi connectivity index (χ3v) is 2.98. The summed E-state index contributed by atoms with van der Waals surface area (Å²) in [6.07, 6.45) is 1.41. The molecule has 0 radical (unpaired) electrons. The summed E-state index contributed by atoms with van der Waals surface area (Å²) in [5.74, 6) is 0. The van der Waals surface area contributed by atoms with Crippen LogP contribution in [0.3, 0.4) is 0 Å². The van der Waals surface area contributed by atoms with Crippen LogP contribution >= 0.6 is 0 Å². The largest absolute Gasteiger partial charge is 0.453 e. The minimum atomic E-state index is -0.290. The molecule has 0 atom stereocenters. The maximum Gasteiger partial charge on any atom is 0.409 e. The molecule has 0 saturated carbocycles. The zero-order valence-corrected chi connectivity index (χ0v) is 9.67. The maximum atomic E-state index is 11.5. The van der Waals surface area contributed by atoms with Crippen LogP contribution in [-0.2, 0) is 4.74 Å². The number of hydrogen-bond donors (Lipinski definition) is 1. The second-order valence-electron chi connectivity index (χ2n) is 3.35. The third kappa shape index (κ3) is 2.38. The predicted molar refractivity (Wildman–Crippen MR) is 57.2 cm³/mol. The minimum Gasteiger partial charge on any atom is -0.453 e. The number of methoxy groups -OCH3 is 1. The van der Waals surface area contributed by atoms with Gasteiger partial charge < -0.3 is 15.4 Å². The molecule has 0 aromatic heterocycles. The van der Waals surface area contributed by atoms with Gasteiger partial charge in [0.2, 0.25) is 0 Å². The first-order chi connectivity index (χ1) is 6.61. The van der Waals surface area contributed by atoms with Crippen LogP contribution in [0.4, 0.5) is 4.79 Å². The number of carbonyl (C=O) groups excluding carboxylic acids is 1. The van der Waals surface area contributed by atoms with Gasteiger partial charge in [0.1, 0.15) is 0 Å². The number of likely N-dealkylation sites (N-methyl/N-ethyl adjacent to an activating group) is 1. The quantitative estimate of drug-likeness (QED) is 0.736. The van der Waals surface area contributed by atoms with Crippen LogP contribution in [0.2, 0.25) is 0 Å². The Hall–Kier alpha value is -0.770. The number of ether oxygens (including phenoxy) is 1. The molecule has 1 amide bonds. The Kier molecular flexibility index (Phi) is 5.53. The van der Waals surface area contributed by atoms with Crippen molar-refractivity contribution in [1.29, 1.82) is 0 Å². The van der Waals surface area contributed by atoms with Gasteiger partial charge in [-0.2, -0.15) is 0 Å². The highest BCUT2D eigenvalue weighted by molar-refractivity contribution is 5.68. The van der Waals surface area contributed by atoms with Crippen LogP contribution in [0.1, 0.15) is 33.6 Å². The van der Waals surface area contributed by atoms with Gasteiger partial charge in [-0.15, -0.1) is 0 Å². The van der Waals surface area contributed by atoms with Crippen molar-refractivity contribution >= 4 is 6.09 Å². The number of hydrogen-bond acceptors (Lipinski definition) is 3. The number of nitrogens with two attached hydrogens (primary N) is 1. The number of nitrogens with zero attached hydrogens (tertiary/aromatic N) is 1. The smallest absolute Gasteiger partial charge is 0.409 e. The lowest BCUT2D eigenvalue weighted by Crippen LogP contribution is -2.55. The maximum absolute atomic E-state index is 11.5. The van der Waals surface area contributed by atoms with E-state index < -0.39 is 0 Å². The standard InChI is InChI=1S/C10H22N2O2/c1-5-10(6-2,8-11)12(7-3)9(13)14-4/h5-8,11H2,1-4H3. The molecule has 0 fully saturated rings. The van der Waals surface area contributed by atoms with Crippen molar-refractivity contribution in [3.8, 4) is 0 Å². The fraction of sp³-hybridized carbons (Fsp3) is 0.900. The zero-order valence-electron chi connectivity index (χ0n) is 9.67. The Morgan fingerprint density at radius 3 is 2.07 bits per heavy atom. The molecular formula is C10H22N2O2. The highest BCUT2D eigenvalue weighted by Crippen LogP contribution is 2.23. The zero-order chi connectivity index (χ0) is 11.2. The SMILES string of the molecule is CCN(C(=O)OC)C(CC)(CC)CN. The lowest BCUT2D eigenvalue weighted by molar-refractivity contribution is 0.0632. The number of amides is 1. The summed E-state index contributed by atoms with van der Waals surface area (Å²) in [5, 5.41) is 0. The molecule has 0 rings (SSSR count). The highest BCUT2D eigenvalue weighted by Gasteiger charge is 2.34. The van der Waals surface area contributed by atoms with Gasteiger partial charge >= 0.3 is 6.09 Å². The third-order valence-electron chi connectivity index (χ3n) is 2.98. The molecule has 0 aliphatic rings. The van der Waals surface area contributed by atoms with Crippen molar-refractivity contribution in [2.24, 2.45) is 5.73 Å². The van der Waals surface area contributed by atoms with Crippen LogP contribution in [0.25, 0.3) is 0 Å². The van der Waals surface area contributed by atoms with Gasteiger partial charge in [0, 0.05) is 13.1 Å². The molecule has 0 unspecified atom stereocenters. The normalized spacial score (nSPS) is 11.2. The molecule has 0 aromatic carbocycles. The molecule has 4 nitrogen and oxygen atoms in total. The highest BCUT2D eigenvalue weighted by atomic mass is 16.5. The van der Waals surface area contributed by atoms with Crippen LogP contribution in [0, 0.1) is 0 Å². The molecular weight excluding hydrogens is 180 g/mol. The summed E-state index contributed by atoms with van der Waals surface area (Å²) >= 11 is 0. The van der Waals surface area contributed by atoms with Crippen molar-refractivity contribution in [2.75, 3.05) is 20.2 Å². The summed E-state index contributed by atoms with van der Waals surface area (Å²) in [7, 11) is 1.40. The monoisotopic (exact) mass is 202 g/mol. The first kappa shape index (κ1) is 13.2. The molecule has 14 heavy (non-hydrogen) atoms. The van der Waals surface area contributed by atoms with Gasteiger partial charge in [-0.3, -0.25) is 0 Å². The van der Waals surface area contributed by atoms with E-state index in [0.29, 0.717) is 13.1 Å². The van der Waals surface area contributed by atoms with E-state index in [1.54, 1.807) is 4.90 Å². The van der Waals surface area contributed by atoms with E-state index in [2.05, 4.69) is 0 Å². The lowest BCUT2D eigenvalue weighted by Gasteiger charge is -2.40. The van der Waals surface area contributed by atoms with Gasteiger partial charge in [0.05, 0.1) is 12.6 Å². The van der Waals surface area contributed by atoms with E-state index in [4.69, 9.17) is 10.5 Å². The average Bonchev–Trinajstić information content (AvgIpc) is 2.25. The topological polar surface area (TPSA) is 55.6 Å². The van der Waals surface area contributed by atoms with Gasteiger partial charge in [-0.1, -0.05) is 13.8 Å². The van der Waals surface area contributed by atoms with Crippen LogP contribution in [0.5, 0.6) is 0 Å². The molecule has 0 heterocycles. The summed E-state index contributed by atoms with van der Waals surface area (Å²) in [4.78, 5) is 13.2. The summed E-state index contributed by atoms with van der Waals surface area (Å²) in [5.41, 5.74) is 5.50. The van der Waals surface area contributed by atoms with E-state index in [0.717, 1.165) is 12.8 Å². The van der Waals surface area contributed by atoms with E-state index in [1.807, 2.05) is 20.8 Å². The molecule has 0 bridgehead atoms. The van der Waals surface area contributed by atoms with Gasteiger partial charge in [0.15, 0.2) is 0 Å². The molecule has 0 saturated heterocycles. The second-order valence-corrected chi connectivity index (χ2v) is 3.35. The van der Waals surface area contributed by atoms with Crippen LogP contribution < -0.4 is 5.73 Å². The number of rotatable bonds is 5. The van der Waals surface area contributed by atoms with Crippen molar-refractivity contribution in [1.82, 2.24) is 4.90 Å². The molecule has 84 valence electrons. The Morgan fingerprint density at radius 1 is 1.36 bits per heavy atom. The minimum absolute atomic E-state index is 0.248. The summed E-state index contributed by atoms with van der Waals surface area (Å²) in [6.45, 7) is 7.13. The fourth-order valence-electron chi connectivity index (χ4n) is 1.80. The van der Waals surface area contributed by atoms with Crippen molar-refractivity contribution in [3.05, 3.63) is 0 Å². The second kappa shape index (κ2) is 5.86. The molecule has 0 spiro atoms. The first-order valence-electron chi connectivity index (χ1n) is 5.17.